The first-order chi connectivity index (χ1) is 5.57. The monoisotopic (exact) mass is 169 g/mol. The van der Waals surface area contributed by atoms with Gasteiger partial charge in [-0.05, 0) is 0 Å². The maximum Gasteiger partial charge on any atom is 0.266 e. The van der Waals surface area contributed by atoms with E-state index in [1.807, 2.05) is 18.7 Å². The lowest BCUT2D eigenvalue weighted by atomic mass is 10.1. The van der Waals surface area contributed by atoms with Crippen LogP contribution in [-0.4, -0.2) is 15.9 Å². The van der Waals surface area contributed by atoms with Gasteiger partial charge in [0.25, 0.3) is 5.56 Å². The number of hydrogen-bond acceptors (Lipinski definition) is 2. The third-order valence-electron chi connectivity index (χ3n) is 2.27. The maximum absolute atomic E-state index is 11.2. The molecule has 0 bridgehead atoms. The number of rotatable bonds is 2. The van der Waals surface area contributed by atoms with E-state index in [1.54, 1.807) is 17.8 Å². The maximum atomic E-state index is 11.2. The average Bonchev–Trinajstić information content (AvgIpc) is 2.32. The fraction of sp³-hybridized carbons (Fsp3) is 0.625. The van der Waals surface area contributed by atoms with E-state index in [-0.39, 0.29) is 11.5 Å². The molecule has 1 atom stereocenters. The Morgan fingerprint density at radius 2 is 2.08 bits per heavy atom. The summed E-state index contributed by atoms with van der Waals surface area (Å²) >= 11 is 0. The van der Waals surface area contributed by atoms with Gasteiger partial charge in [0, 0.05) is 38.3 Å². The second-order valence-corrected chi connectivity index (χ2v) is 3.09. The highest BCUT2D eigenvalue weighted by Gasteiger charge is 2.10. The first-order valence-electron chi connectivity index (χ1n) is 4.01. The zero-order valence-corrected chi connectivity index (χ0v) is 7.74. The highest BCUT2D eigenvalue weighted by Crippen LogP contribution is 2.09. The van der Waals surface area contributed by atoms with Crippen molar-refractivity contribution in [3.63, 3.8) is 0 Å². The van der Waals surface area contributed by atoms with Crippen LogP contribution in [0.2, 0.25) is 0 Å². The Labute approximate surface area is 71.6 Å². The van der Waals surface area contributed by atoms with Crippen molar-refractivity contribution >= 4 is 0 Å². The Morgan fingerprint density at radius 3 is 2.42 bits per heavy atom. The summed E-state index contributed by atoms with van der Waals surface area (Å²) in [4.78, 5) is 11.2. The summed E-state index contributed by atoms with van der Waals surface area (Å²) in [5.74, 6) is 0.240. The van der Waals surface area contributed by atoms with Crippen molar-refractivity contribution in [2.45, 2.75) is 12.8 Å². The van der Waals surface area contributed by atoms with Crippen LogP contribution in [0, 0.1) is 0 Å². The van der Waals surface area contributed by atoms with E-state index in [9.17, 15) is 4.79 Å². The molecule has 0 fully saturated rings. The summed E-state index contributed by atoms with van der Waals surface area (Å²) in [5, 5.41) is 0. The zero-order valence-electron chi connectivity index (χ0n) is 7.74. The van der Waals surface area contributed by atoms with E-state index >= 15 is 0 Å². The average molecular weight is 169 g/mol. The van der Waals surface area contributed by atoms with Crippen molar-refractivity contribution in [3.8, 4) is 0 Å². The van der Waals surface area contributed by atoms with Crippen molar-refractivity contribution in [1.29, 1.82) is 0 Å². The molecule has 68 valence electrons. The second kappa shape index (κ2) is 3.15. The molecule has 1 heterocycles. The van der Waals surface area contributed by atoms with Crippen LogP contribution in [0.15, 0.2) is 10.9 Å². The van der Waals surface area contributed by atoms with Crippen molar-refractivity contribution in [1.82, 2.24) is 9.36 Å². The molecule has 4 nitrogen and oxygen atoms in total. The third kappa shape index (κ3) is 1.30. The molecule has 0 aliphatic heterocycles. The highest BCUT2D eigenvalue weighted by atomic mass is 16.1. The molecule has 0 aliphatic rings. The molecule has 4 heteroatoms. The number of nitrogens with zero attached hydrogens (tertiary/aromatic N) is 2. The van der Waals surface area contributed by atoms with Crippen molar-refractivity contribution < 1.29 is 0 Å². The molecule has 1 aromatic heterocycles. The van der Waals surface area contributed by atoms with Crippen molar-refractivity contribution in [3.05, 3.63) is 22.1 Å². The summed E-state index contributed by atoms with van der Waals surface area (Å²) in [6, 6.07) is 1.64. The second-order valence-electron chi connectivity index (χ2n) is 3.09. The van der Waals surface area contributed by atoms with Gasteiger partial charge in [0.15, 0.2) is 0 Å². The van der Waals surface area contributed by atoms with Crippen LogP contribution in [-0.2, 0) is 14.1 Å². The molecule has 12 heavy (non-hydrogen) atoms. The molecule has 0 aliphatic carbocycles. The Hall–Kier alpha value is -1.03. The molecule has 0 aromatic carbocycles. The topological polar surface area (TPSA) is 53.0 Å². The largest absolute Gasteiger partial charge is 0.330 e. The molecular formula is C8H15N3O. The number of hydrogen-bond donors (Lipinski definition) is 1. The molecule has 0 saturated heterocycles. The predicted molar refractivity (Wildman–Crippen MR) is 48.1 cm³/mol. The number of aromatic nitrogens is 2. The molecular weight excluding hydrogens is 154 g/mol. The van der Waals surface area contributed by atoms with Gasteiger partial charge in [-0.25, -0.2) is 0 Å². The van der Waals surface area contributed by atoms with E-state index in [1.165, 1.54) is 0 Å². The summed E-state index contributed by atoms with van der Waals surface area (Å²) < 4.78 is 3.40. The van der Waals surface area contributed by atoms with Crippen molar-refractivity contribution in [2.75, 3.05) is 6.54 Å². The van der Waals surface area contributed by atoms with Crippen LogP contribution in [0.4, 0.5) is 0 Å². The molecule has 1 aromatic rings. The van der Waals surface area contributed by atoms with Gasteiger partial charge in [0.2, 0.25) is 0 Å². The lowest BCUT2D eigenvalue weighted by Gasteiger charge is -2.10. The van der Waals surface area contributed by atoms with Gasteiger partial charge in [-0.1, -0.05) is 6.92 Å². The summed E-state index contributed by atoms with van der Waals surface area (Å²) in [6.07, 6.45) is 0. The van der Waals surface area contributed by atoms with E-state index in [2.05, 4.69) is 0 Å². The minimum Gasteiger partial charge on any atom is -0.330 e. The summed E-state index contributed by atoms with van der Waals surface area (Å²) in [6.45, 7) is 2.58. The standard InChI is InChI=1S/C8H15N3O/c1-6(5-9)7-4-8(12)11(3)10(7)2/h4,6H,5,9H2,1-3H3. The smallest absolute Gasteiger partial charge is 0.266 e. The van der Waals surface area contributed by atoms with Gasteiger partial charge in [0.05, 0.1) is 0 Å². The molecule has 0 spiro atoms. The predicted octanol–water partition coefficient (Wildman–Crippen LogP) is -0.214. The zero-order chi connectivity index (χ0) is 9.30. The van der Waals surface area contributed by atoms with Crippen molar-refractivity contribution in [2.24, 2.45) is 19.8 Å². The fourth-order valence-electron chi connectivity index (χ4n) is 1.22. The Bertz CT molecular complexity index is 324. The number of nitrogens with two attached hydrogens (primary N) is 1. The van der Waals surface area contributed by atoms with E-state index in [0.717, 1.165) is 5.69 Å². The Morgan fingerprint density at radius 1 is 1.50 bits per heavy atom. The van der Waals surface area contributed by atoms with Crippen LogP contribution >= 0.6 is 0 Å². The third-order valence-corrected chi connectivity index (χ3v) is 2.27. The normalized spacial score (nSPS) is 13.3. The lowest BCUT2D eigenvalue weighted by molar-refractivity contribution is 0.537. The Balaban J connectivity index is 3.17. The molecule has 0 radical (unpaired) electrons. The molecule has 2 N–H and O–H groups in total. The first-order valence-corrected chi connectivity index (χ1v) is 4.01. The van der Waals surface area contributed by atoms with E-state index < -0.39 is 0 Å². The van der Waals surface area contributed by atoms with Gasteiger partial charge in [0.1, 0.15) is 0 Å². The summed E-state index contributed by atoms with van der Waals surface area (Å²) in [7, 11) is 3.61. The SMILES string of the molecule is CC(CN)c1cc(=O)n(C)n1C. The van der Waals surface area contributed by atoms with Gasteiger partial charge < -0.3 is 5.73 Å². The van der Waals surface area contributed by atoms with Crippen LogP contribution in [0.1, 0.15) is 18.5 Å². The van der Waals surface area contributed by atoms with Gasteiger partial charge in [-0.2, -0.15) is 0 Å². The minimum absolute atomic E-state index is 0.0211. The lowest BCUT2D eigenvalue weighted by Crippen LogP contribution is -2.18. The van der Waals surface area contributed by atoms with Crippen LogP contribution in [0.25, 0.3) is 0 Å². The Kier molecular flexibility index (Phi) is 2.38. The highest BCUT2D eigenvalue weighted by molar-refractivity contribution is 5.07. The fourth-order valence-corrected chi connectivity index (χ4v) is 1.22. The van der Waals surface area contributed by atoms with Crippen LogP contribution < -0.4 is 11.3 Å². The van der Waals surface area contributed by atoms with E-state index in [4.69, 9.17) is 5.73 Å². The quantitative estimate of drug-likeness (QED) is 0.665. The molecule has 1 rings (SSSR count). The summed E-state index contributed by atoms with van der Waals surface area (Å²) in [5.41, 5.74) is 6.52. The molecule has 0 amide bonds. The van der Waals surface area contributed by atoms with Gasteiger partial charge in [-0.3, -0.25) is 14.2 Å². The minimum atomic E-state index is 0.0211. The van der Waals surface area contributed by atoms with Crippen LogP contribution in [0.5, 0.6) is 0 Å². The first kappa shape index (κ1) is 9.06. The van der Waals surface area contributed by atoms with Gasteiger partial charge in [-0.15, -0.1) is 0 Å². The van der Waals surface area contributed by atoms with Crippen LogP contribution in [0.3, 0.4) is 0 Å². The molecule has 1 unspecified atom stereocenters. The van der Waals surface area contributed by atoms with Gasteiger partial charge >= 0.3 is 0 Å². The van der Waals surface area contributed by atoms with E-state index in [0.29, 0.717) is 6.54 Å². The molecule has 0 saturated carbocycles.